The van der Waals surface area contributed by atoms with Crippen molar-refractivity contribution in [3.05, 3.63) is 47.0 Å². The number of rotatable bonds is 6. The monoisotopic (exact) mass is 500 g/mol. The lowest BCUT2D eigenvalue weighted by molar-refractivity contribution is -0.0567. The Kier molecular flexibility index (Phi) is 6.46. The van der Waals surface area contributed by atoms with Gasteiger partial charge in [0.05, 0.1) is 5.69 Å². The predicted octanol–water partition coefficient (Wildman–Crippen LogP) is 4.01. The van der Waals surface area contributed by atoms with Crippen LogP contribution in [0.15, 0.2) is 34.4 Å². The molecule has 12 heteroatoms. The van der Waals surface area contributed by atoms with Crippen LogP contribution < -0.4 is 10.2 Å². The van der Waals surface area contributed by atoms with Crippen LogP contribution in [0.3, 0.4) is 0 Å². The number of alkyl halides is 3. The summed E-state index contributed by atoms with van der Waals surface area (Å²) in [4.78, 5) is 23.6. The Hall–Kier alpha value is -3.96. The summed E-state index contributed by atoms with van der Waals surface area (Å²) in [6.07, 6.45) is -4.81. The van der Waals surface area contributed by atoms with E-state index >= 15 is 0 Å². The van der Waals surface area contributed by atoms with Gasteiger partial charge >= 0.3 is 6.18 Å². The van der Waals surface area contributed by atoms with Crippen molar-refractivity contribution in [2.24, 2.45) is 17.1 Å². The molecule has 1 amide bonds. The van der Waals surface area contributed by atoms with E-state index in [2.05, 4.69) is 30.4 Å². The Bertz CT molecular complexity index is 1370. The molecule has 2 aromatic heterocycles. The molecule has 0 radical (unpaired) electrons. The van der Waals surface area contributed by atoms with E-state index in [-0.39, 0.29) is 17.2 Å². The van der Waals surface area contributed by atoms with Gasteiger partial charge in [-0.2, -0.15) is 23.4 Å². The number of carbonyl (C=O) groups excluding carboxylic acids is 1. The van der Waals surface area contributed by atoms with Gasteiger partial charge < -0.3 is 10.2 Å². The van der Waals surface area contributed by atoms with E-state index in [1.54, 1.807) is 30.8 Å². The van der Waals surface area contributed by atoms with Crippen molar-refractivity contribution in [1.29, 1.82) is 0 Å². The lowest BCUT2D eigenvalue weighted by Crippen LogP contribution is -2.29. The van der Waals surface area contributed by atoms with Crippen LogP contribution in [0.25, 0.3) is 11.4 Å². The highest BCUT2D eigenvalue weighted by atomic mass is 19.4. The van der Waals surface area contributed by atoms with Crippen molar-refractivity contribution in [3.63, 3.8) is 0 Å². The van der Waals surface area contributed by atoms with Crippen LogP contribution >= 0.6 is 0 Å². The molecule has 3 aromatic rings. The SMILES string of the molecule is CCN(CC)c1ccc(/N=C2/C(C(F)(F)F)=Nn3c2nc(-c2cc(C)n(C)n2)c3C(=O)NC)c(C)c1. The minimum atomic E-state index is -4.81. The van der Waals surface area contributed by atoms with Gasteiger partial charge in [-0.05, 0) is 57.5 Å². The molecule has 0 saturated carbocycles. The normalized spacial score (nSPS) is 14.2. The molecule has 190 valence electrons. The fourth-order valence-electron chi connectivity index (χ4n) is 4.06. The number of hydrogen-bond acceptors (Lipinski definition) is 6. The number of aliphatic imine (C=N–C) groups is 1. The van der Waals surface area contributed by atoms with E-state index < -0.39 is 23.5 Å². The number of amides is 1. The number of aryl methyl sites for hydroxylation is 3. The van der Waals surface area contributed by atoms with E-state index in [1.165, 1.54) is 7.05 Å². The largest absolute Gasteiger partial charge is 0.437 e. The van der Waals surface area contributed by atoms with Gasteiger partial charge in [0.15, 0.2) is 17.2 Å². The van der Waals surface area contributed by atoms with Gasteiger partial charge in [-0.15, -0.1) is 0 Å². The smallest absolute Gasteiger partial charge is 0.372 e. The minimum absolute atomic E-state index is 0.124. The minimum Gasteiger partial charge on any atom is -0.372 e. The second kappa shape index (κ2) is 9.25. The fourth-order valence-corrected chi connectivity index (χ4v) is 4.06. The highest BCUT2D eigenvalue weighted by molar-refractivity contribution is 6.51. The zero-order chi connectivity index (χ0) is 26.4. The molecule has 0 fully saturated rings. The maximum absolute atomic E-state index is 14.0. The summed E-state index contributed by atoms with van der Waals surface area (Å²) in [7, 11) is 3.11. The molecular formula is C24H27F3N8O. The summed E-state index contributed by atoms with van der Waals surface area (Å²) >= 11 is 0. The molecule has 0 aliphatic carbocycles. The van der Waals surface area contributed by atoms with Gasteiger partial charge in [0.2, 0.25) is 0 Å². The van der Waals surface area contributed by atoms with E-state index in [0.29, 0.717) is 16.9 Å². The summed E-state index contributed by atoms with van der Waals surface area (Å²) in [6, 6.07) is 7.09. The number of benzene rings is 1. The van der Waals surface area contributed by atoms with E-state index in [9.17, 15) is 18.0 Å². The second-order valence-electron chi connectivity index (χ2n) is 8.37. The van der Waals surface area contributed by atoms with Gasteiger partial charge in [0.1, 0.15) is 17.1 Å². The summed E-state index contributed by atoms with van der Waals surface area (Å²) < 4.78 is 44.6. The van der Waals surface area contributed by atoms with Gasteiger partial charge in [0, 0.05) is 38.6 Å². The Labute approximate surface area is 206 Å². The topological polar surface area (TPSA) is 92.7 Å². The number of nitrogens with one attached hydrogen (secondary N) is 1. The molecular weight excluding hydrogens is 473 g/mol. The molecule has 4 rings (SSSR count). The van der Waals surface area contributed by atoms with Crippen LogP contribution in [0.1, 0.15) is 41.4 Å². The van der Waals surface area contributed by atoms with Crippen molar-refractivity contribution in [3.8, 4) is 11.4 Å². The molecule has 0 saturated heterocycles. The molecule has 36 heavy (non-hydrogen) atoms. The number of hydrogen-bond donors (Lipinski definition) is 1. The molecule has 0 atom stereocenters. The second-order valence-corrected chi connectivity index (χ2v) is 8.37. The predicted molar refractivity (Wildman–Crippen MR) is 132 cm³/mol. The summed E-state index contributed by atoms with van der Waals surface area (Å²) in [5, 5.41) is 10.6. The number of carbonyl (C=O) groups is 1. The number of aromatic nitrogens is 4. The van der Waals surface area contributed by atoms with Crippen molar-refractivity contribution in [1.82, 2.24) is 24.8 Å². The Morgan fingerprint density at radius 2 is 1.86 bits per heavy atom. The zero-order valence-electron chi connectivity index (χ0n) is 20.9. The third-order valence-electron chi connectivity index (χ3n) is 6.10. The number of imidazole rings is 1. The van der Waals surface area contributed by atoms with Crippen molar-refractivity contribution < 1.29 is 18.0 Å². The molecule has 1 aromatic carbocycles. The van der Waals surface area contributed by atoms with Crippen molar-refractivity contribution in [2.75, 3.05) is 25.0 Å². The lowest BCUT2D eigenvalue weighted by Gasteiger charge is -2.21. The summed E-state index contributed by atoms with van der Waals surface area (Å²) in [5.41, 5.74) is 1.45. The average Bonchev–Trinajstić information content (AvgIpc) is 3.47. The fraction of sp³-hybridized carbons (Fsp3) is 0.375. The van der Waals surface area contributed by atoms with Crippen LogP contribution in [-0.4, -0.2) is 63.1 Å². The first-order valence-corrected chi connectivity index (χ1v) is 11.5. The van der Waals surface area contributed by atoms with E-state index in [1.807, 2.05) is 32.9 Å². The highest BCUT2D eigenvalue weighted by Gasteiger charge is 2.46. The third-order valence-corrected chi connectivity index (χ3v) is 6.10. The van der Waals surface area contributed by atoms with Crippen LogP contribution in [0.2, 0.25) is 0 Å². The molecule has 0 spiro atoms. The molecule has 1 aliphatic heterocycles. The molecule has 1 N–H and O–H groups in total. The zero-order valence-corrected chi connectivity index (χ0v) is 20.9. The van der Waals surface area contributed by atoms with Crippen molar-refractivity contribution in [2.45, 2.75) is 33.9 Å². The lowest BCUT2D eigenvalue weighted by atomic mass is 10.1. The summed E-state index contributed by atoms with van der Waals surface area (Å²) in [5.74, 6) is -0.815. The first-order chi connectivity index (χ1) is 17.0. The first-order valence-electron chi connectivity index (χ1n) is 11.5. The van der Waals surface area contributed by atoms with Crippen LogP contribution in [0, 0.1) is 13.8 Å². The van der Waals surface area contributed by atoms with E-state index in [0.717, 1.165) is 29.1 Å². The molecule has 3 heterocycles. The van der Waals surface area contributed by atoms with Gasteiger partial charge in [0.25, 0.3) is 5.91 Å². The standard InChI is InChI=1S/C24H27F3N8O/c1-7-34(8-2)15-9-10-16(13(3)11-15)29-19-21(24(25,26)27)32-35-20(23(36)28-5)18(30-22(19)35)17-12-14(4)33(6)31-17/h9-12H,7-8H2,1-6H3,(H,28,36)/b29-19-. The maximum Gasteiger partial charge on any atom is 0.437 e. The molecule has 0 unspecified atom stereocenters. The van der Waals surface area contributed by atoms with Crippen LogP contribution in [-0.2, 0) is 7.05 Å². The first kappa shape index (κ1) is 25.1. The third kappa shape index (κ3) is 4.27. The van der Waals surface area contributed by atoms with Crippen LogP contribution in [0.5, 0.6) is 0 Å². The van der Waals surface area contributed by atoms with Crippen molar-refractivity contribution >= 4 is 28.7 Å². The number of fused-ring (bicyclic) bond motifs is 1. The summed E-state index contributed by atoms with van der Waals surface area (Å²) in [6.45, 7) is 9.26. The highest BCUT2D eigenvalue weighted by Crippen LogP contribution is 2.33. The Morgan fingerprint density at radius 1 is 1.17 bits per heavy atom. The van der Waals surface area contributed by atoms with Crippen LogP contribution in [0.4, 0.5) is 24.5 Å². The van der Waals surface area contributed by atoms with Gasteiger partial charge in [-0.1, -0.05) is 0 Å². The average molecular weight is 501 g/mol. The quantitative estimate of drug-likeness (QED) is 0.554. The maximum atomic E-state index is 14.0. The Morgan fingerprint density at radius 3 is 2.39 bits per heavy atom. The van der Waals surface area contributed by atoms with Gasteiger partial charge in [-0.25, -0.2) is 14.7 Å². The molecule has 9 nitrogen and oxygen atoms in total. The molecule has 0 bridgehead atoms. The number of halogens is 3. The molecule has 1 aliphatic rings. The number of anilines is 1. The van der Waals surface area contributed by atoms with Gasteiger partial charge in [-0.3, -0.25) is 9.48 Å². The number of nitrogens with zero attached hydrogens (tertiary/aromatic N) is 7. The Balaban J connectivity index is 1.92. The van der Waals surface area contributed by atoms with E-state index in [4.69, 9.17) is 0 Å².